The van der Waals surface area contributed by atoms with Gasteiger partial charge in [-0.05, 0) is 29.8 Å². The van der Waals surface area contributed by atoms with Crippen LogP contribution in [0.25, 0.3) is 0 Å². The molecule has 0 saturated carbocycles. The Labute approximate surface area is 135 Å². The highest BCUT2D eigenvalue weighted by molar-refractivity contribution is 6.32. The summed E-state index contributed by atoms with van der Waals surface area (Å²) in [5, 5.41) is 11.5. The fraction of sp³-hybridized carbons (Fsp3) is 0.125. The van der Waals surface area contributed by atoms with Crippen LogP contribution in [0, 0.1) is 11.3 Å². The number of alkyl halides is 3. The highest BCUT2D eigenvalue weighted by Crippen LogP contribution is 2.29. The number of amides is 1. The van der Waals surface area contributed by atoms with Crippen molar-refractivity contribution in [2.75, 3.05) is 5.32 Å². The molecule has 0 atom stereocenters. The molecule has 0 fully saturated rings. The van der Waals surface area contributed by atoms with Crippen molar-refractivity contribution in [3.63, 3.8) is 0 Å². The highest BCUT2D eigenvalue weighted by atomic mass is 35.5. The Morgan fingerprint density at radius 2 is 1.96 bits per heavy atom. The molecule has 0 saturated heterocycles. The van der Waals surface area contributed by atoms with E-state index in [1.54, 1.807) is 0 Å². The maximum absolute atomic E-state index is 12.6. The minimum Gasteiger partial charge on any atom is -0.326 e. The summed E-state index contributed by atoms with van der Waals surface area (Å²) in [7, 11) is 0. The van der Waals surface area contributed by atoms with E-state index in [9.17, 15) is 18.0 Å². The molecule has 0 radical (unpaired) electrons. The molecular weight excluding hydrogens is 329 g/mol. The molecule has 23 heavy (non-hydrogen) atoms. The van der Waals surface area contributed by atoms with Gasteiger partial charge in [0.2, 0.25) is 5.91 Å². The van der Waals surface area contributed by atoms with Gasteiger partial charge in [-0.2, -0.15) is 18.4 Å². The van der Waals surface area contributed by atoms with E-state index in [-0.39, 0.29) is 22.6 Å². The summed E-state index contributed by atoms with van der Waals surface area (Å²) >= 11 is 5.85. The van der Waals surface area contributed by atoms with Gasteiger partial charge in [0, 0.05) is 5.69 Å². The van der Waals surface area contributed by atoms with Crippen LogP contribution >= 0.6 is 11.6 Å². The van der Waals surface area contributed by atoms with Gasteiger partial charge < -0.3 is 5.32 Å². The van der Waals surface area contributed by atoms with Gasteiger partial charge in [0.15, 0.2) is 0 Å². The third kappa shape index (κ3) is 4.47. The third-order valence-electron chi connectivity index (χ3n) is 2.99. The normalized spacial score (nSPS) is 10.9. The molecule has 0 spiro atoms. The fourth-order valence-corrected chi connectivity index (χ4v) is 2.15. The van der Waals surface area contributed by atoms with E-state index in [1.165, 1.54) is 30.3 Å². The Bertz CT molecular complexity index is 782. The van der Waals surface area contributed by atoms with Crippen LogP contribution in [-0.2, 0) is 17.4 Å². The third-order valence-corrected chi connectivity index (χ3v) is 3.30. The van der Waals surface area contributed by atoms with E-state index in [0.29, 0.717) is 5.69 Å². The number of hydrogen-bond acceptors (Lipinski definition) is 2. The van der Waals surface area contributed by atoms with Gasteiger partial charge in [-0.1, -0.05) is 29.8 Å². The van der Waals surface area contributed by atoms with Crippen LogP contribution in [0.1, 0.15) is 16.7 Å². The highest BCUT2D eigenvalue weighted by Gasteiger charge is 2.30. The summed E-state index contributed by atoms with van der Waals surface area (Å²) in [5.74, 6) is -0.481. The molecule has 3 nitrogen and oxygen atoms in total. The minimum atomic E-state index is -4.45. The van der Waals surface area contributed by atoms with E-state index in [4.69, 9.17) is 16.9 Å². The summed E-state index contributed by atoms with van der Waals surface area (Å²) in [4.78, 5) is 11.9. The van der Waals surface area contributed by atoms with Crippen molar-refractivity contribution in [3.8, 4) is 6.07 Å². The SMILES string of the molecule is N#Cc1ccc(NC(=O)Cc2cccc(C(F)(F)F)c2)cc1Cl. The lowest BCUT2D eigenvalue weighted by Crippen LogP contribution is -2.15. The summed E-state index contributed by atoms with van der Waals surface area (Å²) < 4.78 is 37.9. The average molecular weight is 339 g/mol. The number of benzene rings is 2. The summed E-state index contributed by atoms with van der Waals surface area (Å²) in [6, 6.07) is 10.8. The van der Waals surface area contributed by atoms with Crippen molar-refractivity contribution in [1.29, 1.82) is 5.26 Å². The second-order valence-electron chi connectivity index (χ2n) is 4.73. The Morgan fingerprint density at radius 3 is 2.57 bits per heavy atom. The maximum atomic E-state index is 12.6. The van der Waals surface area contributed by atoms with E-state index in [2.05, 4.69) is 5.32 Å². The van der Waals surface area contributed by atoms with Crippen molar-refractivity contribution < 1.29 is 18.0 Å². The van der Waals surface area contributed by atoms with Gasteiger partial charge in [-0.3, -0.25) is 4.79 Å². The standard InChI is InChI=1S/C16H10ClF3N2O/c17-14-8-13(5-4-11(14)9-21)22-15(23)7-10-2-1-3-12(6-10)16(18,19)20/h1-6,8H,7H2,(H,22,23). The van der Waals surface area contributed by atoms with E-state index in [0.717, 1.165) is 12.1 Å². The van der Waals surface area contributed by atoms with E-state index < -0.39 is 17.6 Å². The zero-order valence-electron chi connectivity index (χ0n) is 11.6. The molecule has 0 bridgehead atoms. The number of carbonyl (C=O) groups excluding carboxylic acids is 1. The Morgan fingerprint density at radius 1 is 1.22 bits per heavy atom. The molecule has 118 valence electrons. The first kappa shape index (κ1) is 16.8. The van der Waals surface area contributed by atoms with E-state index in [1.807, 2.05) is 6.07 Å². The second-order valence-corrected chi connectivity index (χ2v) is 5.14. The predicted molar refractivity (Wildman–Crippen MR) is 79.9 cm³/mol. The molecule has 2 aromatic rings. The number of rotatable bonds is 3. The Hall–Kier alpha value is -2.52. The van der Waals surface area contributed by atoms with Crippen LogP contribution in [0.4, 0.5) is 18.9 Å². The van der Waals surface area contributed by atoms with E-state index >= 15 is 0 Å². The maximum Gasteiger partial charge on any atom is 0.416 e. The second kappa shape index (κ2) is 6.71. The number of halogens is 4. The molecule has 1 N–H and O–H groups in total. The van der Waals surface area contributed by atoms with Crippen LogP contribution in [0.3, 0.4) is 0 Å². The van der Waals surface area contributed by atoms with Gasteiger partial charge in [0.1, 0.15) is 6.07 Å². The van der Waals surface area contributed by atoms with Crippen LogP contribution in [0.2, 0.25) is 5.02 Å². The smallest absolute Gasteiger partial charge is 0.326 e. The van der Waals surface area contributed by atoms with Crippen molar-refractivity contribution in [3.05, 3.63) is 64.2 Å². The van der Waals surface area contributed by atoms with Crippen LogP contribution < -0.4 is 5.32 Å². The minimum absolute atomic E-state index is 0.185. The van der Waals surface area contributed by atoms with Gasteiger partial charge in [0.25, 0.3) is 0 Å². The molecule has 2 aromatic carbocycles. The predicted octanol–water partition coefficient (Wildman–Crippen LogP) is 4.41. The molecule has 1 amide bonds. The first-order valence-electron chi connectivity index (χ1n) is 6.45. The van der Waals surface area contributed by atoms with Crippen molar-refractivity contribution in [2.45, 2.75) is 12.6 Å². The first-order chi connectivity index (χ1) is 10.8. The molecule has 0 aliphatic carbocycles. The molecule has 7 heteroatoms. The van der Waals surface area contributed by atoms with Crippen LogP contribution in [0.15, 0.2) is 42.5 Å². The number of carbonyl (C=O) groups is 1. The topological polar surface area (TPSA) is 52.9 Å². The quantitative estimate of drug-likeness (QED) is 0.901. The van der Waals surface area contributed by atoms with Gasteiger partial charge in [-0.15, -0.1) is 0 Å². The number of anilines is 1. The molecule has 0 aliphatic heterocycles. The number of nitrogens with zero attached hydrogens (tertiary/aromatic N) is 1. The van der Waals surface area contributed by atoms with Gasteiger partial charge in [-0.25, -0.2) is 0 Å². The summed E-state index contributed by atoms with van der Waals surface area (Å²) in [5.41, 5.74) is 0.0785. The molecular formula is C16H10ClF3N2O. The lowest BCUT2D eigenvalue weighted by Gasteiger charge is -2.09. The molecule has 0 aliphatic rings. The molecule has 0 unspecified atom stereocenters. The van der Waals surface area contributed by atoms with Gasteiger partial charge >= 0.3 is 6.18 Å². The number of nitrogens with one attached hydrogen (secondary N) is 1. The molecule has 0 heterocycles. The lowest BCUT2D eigenvalue weighted by atomic mass is 10.1. The zero-order chi connectivity index (χ0) is 17.0. The van der Waals surface area contributed by atoms with Crippen LogP contribution in [-0.4, -0.2) is 5.91 Å². The lowest BCUT2D eigenvalue weighted by molar-refractivity contribution is -0.137. The first-order valence-corrected chi connectivity index (χ1v) is 6.83. The zero-order valence-corrected chi connectivity index (χ0v) is 12.4. The Kier molecular flexibility index (Phi) is 4.92. The largest absolute Gasteiger partial charge is 0.416 e. The van der Waals surface area contributed by atoms with Gasteiger partial charge in [0.05, 0.1) is 22.6 Å². The monoisotopic (exact) mass is 338 g/mol. The fourth-order valence-electron chi connectivity index (χ4n) is 1.93. The van der Waals surface area contributed by atoms with Crippen molar-refractivity contribution in [1.82, 2.24) is 0 Å². The summed E-state index contributed by atoms with van der Waals surface area (Å²) in [6.45, 7) is 0. The molecule has 2 rings (SSSR count). The number of hydrogen-bond donors (Lipinski definition) is 1. The van der Waals surface area contributed by atoms with Crippen molar-refractivity contribution in [2.24, 2.45) is 0 Å². The molecule has 0 aromatic heterocycles. The van der Waals surface area contributed by atoms with Crippen LogP contribution in [0.5, 0.6) is 0 Å². The van der Waals surface area contributed by atoms with Crippen molar-refractivity contribution >= 4 is 23.2 Å². The summed E-state index contributed by atoms with van der Waals surface area (Å²) in [6.07, 6.45) is -4.66. The average Bonchev–Trinajstić information content (AvgIpc) is 2.46. The number of nitriles is 1. The Balaban J connectivity index is 2.08.